The lowest BCUT2D eigenvalue weighted by Gasteiger charge is -2.26. The Morgan fingerprint density at radius 2 is 1.85 bits per heavy atom. The number of aliphatic carboxylic acids is 1. The third kappa shape index (κ3) is 5.42. The molecule has 0 fully saturated rings. The molecule has 1 aromatic heterocycles. The highest BCUT2D eigenvalue weighted by atomic mass is 32.1. The summed E-state index contributed by atoms with van der Waals surface area (Å²) in [5.74, 6) is -2.28. The van der Waals surface area contributed by atoms with Crippen LogP contribution in [0.5, 0.6) is 0 Å². The molecule has 0 radical (unpaired) electrons. The first-order chi connectivity index (χ1) is 12.4. The van der Waals surface area contributed by atoms with E-state index in [1.54, 1.807) is 31.5 Å². The van der Waals surface area contributed by atoms with E-state index in [0.29, 0.717) is 11.3 Å². The number of rotatable bonds is 8. The van der Waals surface area contributed by atoms with E-state index in [0.717, 1.165) is 5.56 Å². The molecule has 0 bridgehead atoms. The molecule has 26 heavy (non-hydrogen) atoms. The van der Waals surface area contributed by atoms with Crippen LogP contribution in [0.3, 0.4) is 0 Å². The quantitative estimate of drug-likeness (QED) is 0.742. The van der Waals surface area contributed by atoms with Gasteiger partial charge in [-0.2, -0.15) is 0 Å². The van der Waals surface area contributed by atoms with Crippen LogP contribution in [-0.4, -0.2) is 47.4 Å². The zero-order valence-electron chi connectivity index (χ0n) is 14.7. The molecule has 2 amide bonds. The zero-order chi connectivity index (χ0) is 19.1. The smallest absolute Gasteiger partial charge is 0.308 e. The number of thiophene rings is 1. The second-order valence-corrected chi connectivity index (χ2v) is 7.10. The van der Waals surface area contributed by atoms with Crippen molar-refractivity contribution in [1.29, 1.82) is 0 Å². The number of amides is 2. The van der Waals surface area contributed by atoms with Crippen LogP contribution in [-0.2, 0) is 16.0 Å². The van der Waals surface area contributed by atoms with E-state index >= 15 is 0 Å². The Balaban J connectivity index is 2.14. The summed E-state index contributed by atoms with van der Waals surface area (Å²) in [6.07, 6.45) is 0.336. The SMILES string of the molecule is CC(CN(C)C(=O)C(Cc1ccccc1)NC(=O)c1cccs1)C(=O)O. The van der Waals surface area contributed by atoms with E-state index < -0.39 is 17.9 Å². The van der Waals surface area contributed by atoms with E-state index in [4.69, 9.17) is 5.11 Å². The van der Waals surface area contributed by atoms with Gasteiger partial charge in [-0.05, 0) is 17.0 Å². The number of carboxylic acid groups (broad SMARTS) is 1. The van der Waals surface area contributed by atoms with Gasteiger partial charge in [-0.1, -0.05) is 43.3 Å². The average molecular weight is 374 g/mol. The molecule has 7 heteroatoms. The van der Waals surface area contributed by atoms with Gasteiger partial charge in [0.25, 0.3) is 5.91 Å². The Labute approximate surface area is 156 Å². The Bertz CT molecular complexity index is 746. The van der Waals surface area contributed by atoms with E-state index in [-0.39, 0.29) is 18.4 Å². The van der Waals surface area contributed by atoms with Gasteiger partial charge in [-0.15, -0.1) is 11.3 Å². The summed E-state index contributed by atoms with van der Waals surface area (Å²) in [6, 6.07) is 12.1. The van der Waals surface area contributed by atoms with Gasteiger partial charge in [0.15, 0.2) is 0 Å². The van der Waals surface area contributed by atoms with E-state index in [1.165, 1.54) is 16.2 Å². The van der Waals surface area contributed by atoms with Gasteiger partial charge >= 0.3 is 5.97 Å². The van der Waals surface area contributed by atoms with Crippen molar-refractivity contribution in [2.45, 2.75) is 19.4 Å². The topological polar surface area (TPSA) is 86.7 Å². The van der Waals surface area contributed by atoms with Crippen molar-refractivity contribution in [3.8, 4) is 0 Å². The molecule has 2 unspecified atom stereocenters. The molecule has 0 saturated carbocycles. The first kappa shape index (κ1) is 19.7. The molecule has 6 nitrogen and oxygen atoms in total. The van der Waals surface area contributed by atoms with Gasteiger partial charge in [0, 0.05) is 20.0 Å². The minimum atomic E-state index is -0.966. The molecular formula is C19H22N2O4S. The number of likely N-dealkylation sites (N-methyl/N-ethyl adjacent to an activating group) is 1. The predicted octanol–water partition coefficient (Wildman–Crippen LogP) is 2.27. The summed E-state index contributed by atoms with van der Waals surface area (Å²) >= 11 is 1.30. The number of carbonyl (C=O) groups is 3. The maximum absolute atomic E-state index is 12.8. The maximum Gasteiger partial charge on any atom is 0.308 e. The average Bonchev–Trinajstić information content (AvgIpc) is 3.16. The van der Waals surface area contributed by atoms with Crippen LogP contribution in [0.15, 0.2) is 47.8 Å². The molecule has 0 aliphatic carbocycles. The highest BCUT2D eigenvalue weighted by molar-refractivity contribution is 7.12. The van der Waals surface area contributed by atoms with Crippen LogP contribution in [0, 0.1) is 5.92 Å². The summed E-state index contributed by atoms with van der Waals surface area (Å²) in [5.41, 5.74) is 0.914. The fraction of sp³-hybridized carbons (Fsp3) is 0.316. The first-order valence-corrected chi connectivity index (χ1v) is 9.12. The van der Waals surface area contributed by atoms with Gasteiger partial charge in [0.05, 0.1) is 10.8 Å². The molecule has 0 saturated heterocycles. The van der Waals surface area contributed by atoms with Crippen molar-refractivity contribution >= 4 is 29.1 Å². The van der Waals surface area contributed by atoms with Crippen molar-refractivity contribution in [1.82, 2.24) is 10.2 Å². The molecule has 2 rings (SSSR count). The number of carbonyl (C=O) groups excluding carboxylic acids is 2. The van der Waals surface area contributed by atoms with Crippen LogP contribution in [0.25, 0.3) is 0 Å². The molecule has 0 aliphatic rings. The van der Waals surface area contributed by atoms with Crippen LogP contribution in [0.2, 0.25) is 0 Å². The van der Waals surface area contributed by atoms with Gasteiger partial charge in [-0.3, -0.25) is 14.4 Å². The largest absolute Gasteiger partial charge is 0.481 e. The Hall–Kier alpha value is -2.67. The molecule has 1 heterocycles. The highest BCUT2D eigenvalue weighted by Gasteiger charge is 2.27. The van der Waals surface area contributed by atoms with Crippen molar-refractivity contribution in [3.05, 3.63) is 58.3 Å². The third-order valence-corrected chi connectivity index (χ3v) is 4.85. The predicted molar refractivity (Wildman–Crippen MR) is 100 cm³/mol. The molecule has 0 spiro atoms. The van der Waals surface area contributed by atoms with Crippen molar-refractivity contribution in [3.63, 3.8) is 0 Å². The van der Waals surface area contributed by atoms with Gasteiger partial charge in [-0.25, -0.2) is 0 Å². The third-order valence-electron chi connectivity index (χ3n) is 3.98. The lowest BCUT2D eigenvalue weighted by atomic mass is 10.0. The Morgan fingerprint density at radius 1 is 1.15 bits per heavy atom. The van der Waals surface area contributed by atoms with Crippen LogP contribution >= 0.6 is 11.3 Å². The number of nitrogens with zero attached hydrogens (tertiary/aromatic N) is 1. The van der Waals surface area contributed by atoms with E-state index in [2.05, 4.69) is 5.32 Å². The second-order valence-electron chi connectivity index (χ2n) is 6.15. The molecule has 1 aromatic carbocycles. The highest BCUT2D eigenvalue weighted by Crippen LogP contribution is 2.11. The summed E-state index contributed by atoms with van der Waals surface area (Å²) in [7, 11) is 1.55. The fourth-order valence-electron chi connectivity index (χ4n) is 2.53. The fourth-order valence-corrected chi connectivity index (χ4v) is 3.16. The number of nitrogens with one attached hydrogen (secondary N) is 1. The minimum absolute atomic E-state index is 0.0777. The summed E-state index contributed by atoms with van der Waals surface area (Å²) in [4.78, 5) is 38.2. The van der Waals surface area contributed by atoms with E-state index in [1.807, 2.05) is 30.3 Å². The molecule has 0 aliphatic heterocycles. The summed E-state index contributed by atoms with van der Waals surface area (Å²) in [5, 5.41) is 13.6. The van der Waals surface area contributed by atoms with E-state index in [9.17, 15) is 14.4 Å². The van der Waals surface area contributed by atoms with Crippen LogP contribution in [0.4, 0.5) is 0 Å². The lowest BCUT2D eigenvalue weighted by Crippen LogP contribution is -2.49. The van der Waals surface area contributed by atoms with Crippen molar-refractivity contribution < 1.29 is 19.5 Å². The monoisotopic (exact) mass is 374 g/mol. The number of carboxylic acids is 1. The van der Waals surface area contributed by atoms with Crippen molar-refractivity contribution in [2.24, 2.45) is 5.92 Å². The number of hydrogen-bond donors (Lipinski definition) is 2. The standard InChI is InChI=1S/C19H22N2O4S/c1-13(19(24)25)12-21(2)18(23)15(11-14-7-4-3-5-8-14)20-17(22)16-9-6-10-26-16/h3-10,13,15H,11-12H2,1-2H3,(H,20,22)(H,24,25). The lowest BCUT2D eigenvalue weighted by molar-refractivity contribution is -0.143. The molecule has 2 aromatic rings. The van der Waals surface area contributed by atoms with Gasteiger partial charge in [0.1, 0.15) is 6.04 Å². The number of hydrogen-bond acceptors (Lipinski definition) is 4. The second kappa shape index (κ2) is 9.15. The van der Waals surface area contributed by atoms with Gasteiger partial charge in [0.2, 0.25) is 5.91 Å². The molecule has 2 atom stereocenters. The molecule has 138 valence electrons. The summed E-state index contributed by atoms with van der Waals surface area (Å²) in [6.45, 7) is 1.62. The van der Waals surface area contributed by atoms with Crippen LogP contribution in [0.1, 0.15) is 22.2 Å². The normalized spacial score (nSPS) is 12.8. The van der Waals surface area contributed by atoms with Gasteiger partial charge < -0.3 is 15.3 Å². The maximum atomic E-state index is 12.8. The summed E-state index contributed by atoms with van der Waals surface area (Å²) < 4.78 is 0. The zero-order valence-corrected chi connectivity index (χ0v) is 15.5. The molecular weight excluding hydrogens is 352 g/mol. The first-order valence-electron chi connectivity index (χ1n) is 8.24. The molecule has 2 N–H and O–H groups in total. The van der Waals surface area contributed by atoms with Crippen molar-refractivity contribution in [2.75, 3.05) is 13.6 Å². The Kier molecular flexibility index (Phi) is 6.91. The van der Waals surface area contributed by atoms with Crippen LogP contribution < -0.4 is 5.32 Å². The number of benzene rings is 1. The Morgan fingerprint density at radius 3 is 2.42 bits per heavy atom. The minimum Gasteiger partial charge on any atom is -0.481 e.